The summed E-state index contributed by atoms with van der Waals surface area (Å²) in [5, 5.41) is 4.39. The van der Waals surface area contributed by atoms with Crippen LogP contribution in [-0.2, 0) is 0 Å². The van der Waals surface area contributed by atoms with E-state index in [1.807, 2.05) is 30.3 Å². The molecule has 0 radical (unpaired) electrons. The van der Waals surface area contributed by atoms with E-state index in [4.69, 9.17) is 11.5 Å². The fourth-order valence-corrected chi connectivity index (χ4v) is 2.00. The van der Waals surface area contributed by atoms with Gasteiger partial charge in [-0.15, -0.1) is 0 Å². The van der Waals surface area contributed by atoms with Crippen LogP contribution in [0.3, 0.4) is 0 Å². The zero-order chi connectivity index (χ0) is 14.3. The second kappa shape index (κ2) is 4.30. The molecule has 1 amide bonds. The van der Waals surface area contributed by atoms with Crippen molar-refractivity contribution in [1.29, 1.82) is 0 Å². The van der Waals surface area contributed by atoms with Crippen LogP contribution in [0.1, 0.15) is 16.2 Å². The first-order valence-electron chi connectivity index (χ1n) is 5.96. The third kappa shape index (κ3) is 1.76. The first-order chi connectivity index (χ1) is 9.58. The molecule has 0 saturated heterocycles. The third-order valence-electron chi connectivity index (χ3n) is 2.93. The van der Waals surface area contributed by atoms with E-state index in [9.17, 15) is 4.79 Å². The van der Waals surface area contributed by atoms with Crippen LogP contribution in [0, 0.1) is 6.92 Å². The molecule has 0 saturated carbocycles. The molecule has 0 aliphatic heterocycles. The van der Waals surface area contributed by atoms with Gasteiger partial charge in [-0.25, -0.2) is 14.6 Å². The summed E-state index contributed by atoms with van der Waals surface area (Å²) in [6.07, 6.45) is 0. The largest absolute Gasteiger partial charge is 0.382 e. The van der Waals surface area contributed by atoms with Crippen molar-refractivity contribution in [2.45, 2.75) is 6.92 Å². The molecule has 0 fully saturated rings. The van der Waals surface area contributed by atoms with Crippen molar-refractivity contribution >= 4 is 22.9 Å². The molecule has 1 aromatic carbocycles. The average Bonchev–Trinajstić information content (AvgIpc) is 2.75. The number of hydrogen-bond donors (Lipinski definition) is 2. The summed E-state index contributed by atoms with van der Waals surface area (Å²) in [6.45, 7) is 1.79. The number of amides is 1. The second-order valence-corrected chi connectivity index (χ2v) is 4.33. The number of carbonyl (C=O) groups excluding carboxylic acids is 1. The van der Waals surface area contributed by atoms with Gasteiger partial charge >= 0.3 is 0 Å². The highest BCUT2D eigenvalue weighted by Gasteiger charge is 2.17. The minimum absolute atomic E-state index is 0.00193. The molecule has 2 heterocycles. The Bertz CT molecular complexity index is 809. The summed E-state index contributed by atoms with van der Waals surface area (Å²) < 4.78 is 1.64. The smallest absolute Gasteiger partial charge is 0.271 e. The molecule has 20 heavy (non-hydrogen) atoms. The Kier molecular flexibility index (Phi) is 2.60. The maximum atomic E-state index is 11.3. The lowest BCUT2D eigenvalue weighted by molar-refractivity contribution is 0.0996. The van der Waals surface area contributed by atoms with Crippen molar-refractivity contribution in [3.63, 3.8) is 0 Å². The fraction of sp³-hybridized carbons (Fsp3) is 0.0769. The van der Waals surface area contributed by atoms with Gasteiger partial charge in [0.25, 0.3) is 5.91 Å². The monoisotopic (exact) mass is 268 g/mol. The summed E-state index contributed by atoms with van der Waals surface area (Å²) in [5.74, 6) is -0.703. The quantitative estimate of drug-likeness (QED) is 0.714. The maximum Gasteiger partial charge on any atom is 0.271 e. The number of benzene rings is 1. The lowest BCUT2D eigenvalue weighted by Gasteiger charge is -2.03. The van der Waals surface area contributed by atoms with Crippen LogP contribution in [0.4, 0.5) is 5.82 Å². The number of carbonyl (C=O) groups is 1. The number of aryl methyl sites for hydroxylation is 1. The maximum absolute atomic E-state index is 11.3. The summed E-state index contributed by atoms with van der Waals surface area (Å²) in [7, 11) is 0. The number of nitrogens with zero attached hydrogens (tertiary/aromatic N) is 4. The number of primary amides is 1. The molecule has 3 rings (SSSR count). The molecular formula is C13H12N6O. The van der Waals surface area contributed by atoms with E-state index in [2.05, 4.69) is 15.1 Å². The Labute approximate surface area is 114 Å². The fourth-order valence-electron chi connectivity index (χ4n) is 2.00. The number of nitrogens with two attached hydrogens (primary N) is 2. The molecule has 2 aromatic heterocycles. The van der Waals surface area contributed by atoms with Crippen LogP contribution >= 0.6 is 0 Å². The molecule has 0 atom stereocenters. The molecule has 0 spiro atoms. The van der Waals surface area contributed by atoms with Gasteiger partial charge in [0.05, 0.1) is 11.4 Å². The number of anilines is 1. The average molecular weight is 268 g/mol. The Hall–Kier alpha value is -2.96. The zero-order valence-electron chi connectivity index (χ0n) is 10.7. The summed E-state index contributed by atoms with van der Waals surface area (Å²) in [5.41, 5.74) is 13.4. The van der Waals surface area contributed by atoms with Crippen LogP contribution < -0.4 is 11.5 Å². The van der Waals surface area contributed by atoms with E-state index in [0.717, 1.165) is 5.69 Å². The topological polar surface area (TPSA) is 113 Å². The Morgan fingerprint density at radius 3 is 2.55 bits per heavy atom. The van der Waals surface area contributed by atoms with Crippen molar-refractivity contribution in [1.82, 2.24) is 19.7 Å². The molecule has 0 bridgehead atoms. The molecule has 3 aromatic rings. The van der Waals surface area contributed by atoms with E-state index < -0.39 is 5.91 Å². The Balaban J connectivity index is 2.32. The highest BCUT2D eigenvalue weighted by molar-refractivity contribution is 5.97. The third-order valence-corrected chi connectivity index (χ3v) is 2.93. The summed E-state index contributed by atoms with van der Waals surface area (Å²) >= 11 is 0. The lowest BCUT2D eigenvalue weighted by atomic mass is 10.3. The van der Waals surface area contributed by atoms with Gasteiger partial charge in [0, 0.05) is 0 Å². The van der Waals surface area contributed by atoms with Crippen molar-refractivity contribution < 1.29 is 4.79 Å². The predicted molar refractivity (Wildman–Crippen MR) is 74.3 cm³/mol. The Morgan fingerprint density at radius 1 is 1.20 bits per heavy atom. The SMILES string of the molecule is Cc1nn(-c2ccccc2)c2nc(N)c(C(N)=O)nc12. The number of para-hydroxylation sites is 1. The van der Waals surface area contributed by atoms with E-state index in [-0.39, 0.29) is 11.5 Å². The van der Waals surface area contributed by atoms with Crippen molar-refractivity contribution in [2.24, 2.45) is 5.73 Å². The number of hydrogen-bond acceptors (Lipinski definition) is 5. The minimum atomic E-state index is -0.705. The second-order valence-electron chi connectivity index (χ2n) is 4.33. The molecule has 4 N–H and O–H groups in total. The molecule has 7 heteroatoms. The van der Waals surface area contributed by atoms with Crippen LogP contribution in [0.25, 0.3) is 16.9 Å². The van der Waals surface area contributed by atoms with Gasteiger partial charge in [-0.1, -0.05) is 18.2 Å². The summed E-state index contributed by atoms with van der Waals surface area (Å²) in [4.78, 5) is 19.6. The van der Waals surface area contributed by atoms with E-state index >= 15 is 0 Å². The van der Waals surface area contributed by atoms with Gasteiger partial charge in [-0.3, -0.25) is 4.79 Å². The van der Waals surface area contributed by atoms with Gasteiger partial charge in [0.15, 0.2) is 17.2 Å². The van der Waals surface area contributed by atoms with Gasteiger partial charge in [-0.2, -0.15) is 5.10 Å². The van der Waals surface area contributed by atoms with Crippen molar-refractivity contribution in [3.05, 3.63) is 41.7 Å². The van der Waals surface area contributed by atoms with Crippen LogP contribution in [0.15, 0.2) is 30.3 Å². The van der Waals surface area contributed by atoms with Crippen LogP contribution in [0.2, 0.25) is 0 Å². The normalized spacial score (nSPS) is 10.8. The predicted octanol–water partition coefficient (Wildman–Crippen LogP) is 0.805. The number of rotatable bonds is 2. The molecule has 0 unspecified atom stereocenters. The van der Waals surface area contributed by atoms with Crippen molar-refractivity contribution in [2.75, 3.05) is 5.73 Å². The zero-order valence-corrected chi connectivity index (χ0v) is 10.7. The molecule has 7 nitrogen and oxygen atoms in total. The van der Waals surface area contributed by atoms with Gasteiger partial charge < -0.3 is 11.5 Å². The molecular weight excluding hydrogens is 256 g/mol. The molecule has 100 valence electrons. The first-order valence-corrected chi connectivity index (χ1v) is 5.96. The molecule has 0 aliphatic rings. The van der Waals surface area contributed by atoms with Gasteiger partial charge in [-0.05, 0) is 19.1 Å². The minimum Gasteiger partial charge on any atom is -0.382 e. The van der Waals surface area contributed by atoms with Crippen LogP contribution in [0.5, 0.6) is 0 Å². The van der Waals surface area contributed by atoms with E-state index in [0.29, 0.717) is 16.9 Å². The number of fused-ring (bicyclic) bond motifs is 1. The van der Waals surface area contributed by atoms with E-state index in [1.165, 1.54) is 0 Å². The summed E-state index contributed by atoms with van der Waals surface area (Å²) in [6, 6.07) is 9.49. The van der Waals surface area contributed by atoms with Crippen LogP contribution in [-0.4, -0.2) is 25.7 Å². The highest BCUT2D eigenvalue weighted by atomic mass is 16.1. The molecule has 0 aliphatic carbocycles. The standard InChI is InChI=1S/C13H12N6O/c1-7-9-13(17-11(14)10(16-9)12(15)20)19(18-7)8-5-3-2-4-6-8/h2-6H,1H3,(H2,14,17)(H2,15,20). The Morgan fingerprint density at radius 2 is 1.90 bits per heavy atom. The number of aromatic nitrogens is 4. The first kappa shape index (κ1) is 12.1. The number of nitrogen functional groups attached to an aromatic ring is 1. The lowest BCUT2D eigenvalue weighted by Crippen LogP contribution is -2.17. The van der Waals surface area contributed by atoms with Gasteiger partial charge in [0.1, 0.15) is 5.52 Å². The van der Waals surface area contributed by atoms with Gasteiger partial charge in [0.2, 0.25) is 0 Å². The highest BCUT2D eigenvalue weighted by Crippen LogP contribution is 2.20. The van der Waals surface area contributed by atoms with Crippen molar-refractivity contribution in [3.8, 4) is 5.69 Å². The van der Waals surface area contributed by atoms with E-state index in [1.54, 1.807) is 11.6 Å².